The lowest BCUT2D eigenvalue weighted by molar-refractivity contribution is 0.114. The number of rotatable bonds is 6. The Kier molecular flexibility index (Phi) is 6.24. The lowest BCUT2D eigenvalue weighted by Gasteiger charge is -2.34. The zero-order valence-electron chi connectivity index (χ0n) is 19.7. The molecule has 0 spiro atoms. The zero-order chi connectivity index (χ0) is 25.4. The van der Waals surface area contributed by atoms with Crippen LogP contribution in [0.4, 0.5) is 8.78 Å². The molecule has 0 amide bonds. The third kappa shape index (κ3) is 4.22. The Hall–Kier alpha value is -4.11. The van der Waals surface area contributed by atoms with Gasteiger partial charge in [0.2, 0.25) is 0 Å². The maximum atomic E-state index is 14.6. The fourth-order valence-corrected chi connectivity index (χ4v) is 4.70. The molecular weight excluding hydrogens is 470 g/mol. The van der Waals surface area contributed by atoms with Crippen molar-refractivity contribution in [1.82, 2.24) is 34.5 Å². The van der Waals surface area contributed by atoms with Crippen LogP contribution in [-0.4, -0.2) is 59.3 Å². The molecular formula is C24H24F2N8O2. The number of likely N-dealkylation sites (tertiary alicyclic amines) is 1. The predicted molar refractivity (Wildman–Crippen MR) is 124 cm³/mol. The summed E-state index contributed by atoms with van der Waals surface area (Å²) in [5.41, 5.74) is 2.36. The Morgan fingerprint density at radius 3 is 2.83 bits per heavy atom. The third-order valence-electron chi connectivity index (χ3n) is 6.56. The van der Waals surface area contributed by atoms with Gasteiger partial charge in [-0.2, -0.15) is 10.4 Å². The number of piperidine rings is 1. The molecule has 0 aliphatic carbocycles. The molecule has 0 radical (unpaired) electrons. The molecule has 1 saturated heterocycles. The van der Waals surface area contributed by atoms with E-state index in [9.17, 15) is 19.1 Å². The van der Waals surface area contributed by atoms with Gasteiger partial charge in [0.1, 0.15) is 22.8 Å². The molecule has 186 valence electrons. The highest BCUT2D eigenvalue weighted by atomic mass is 19.1. The van der Waals surface area contributed by atoms with Gasteiger partial charge in [-0.1, -0.05) is 12.1 Å². The van der Waals surface area contributed by atoms with E-state index in [2.05, 4.69) is 33.5 Å². The van der Waals surface area contributed by atoms with Gasteiger partial charge in [-0.3, -0.25) is 4.98 Å². The Morgan fingerprint density at radius 2 is 2.14 bits per heavy atom. The van der Waals surface area contributed by atoms with Gasteiger partial charge in [-0.05, 0) is 37.5 Å². The molecule has 12 heteroatoms. The molecule has 1 aliphatic heterocycles. The number of aromatic nitrogens is 6. The first kappa shape index (κ1) is 23.6. The average Bonchev–Trinajstić information content (AvgIpc) is 3.45. The Balaban J connectivity index is 1.52. The van der Waals surface area contributed by atoms with Crippen LogP contribution in [0.2, 0.25) is 0 Å². The van der Waals surface area contributed by atoms with Crippen molar-refractivity contribution in [3.05, 3.63) is 59.8 Å². The minimum absolute atomic E-state index is 0.0840. The summed E-state index contributed by atoms with van der Waals surface area (Å²) in [5.74, 6) is -0.800. The first-order valence-corrected chi connectivity index (χ1v) is 11.5. The van der Waals surface area contributed by atoms with Gasteiger partial charge in [0.25, 0.3) is 0 Å². The molecule has 4 aromatic heterocycles. The molecule has 5 rings (SSSR count). The molecule has 0 bridgehead atoms. The van der Waals surface area contributed by atoms with E-state index in [0.29, 0.717) is 30.0 Å². The van der Waals surface area contributed by atoms with Crippen LogP contribution in [0.15, 0.2) is 36.8 Å². The second-order valence-electron chi connectivity index (χ2n) is 8.92. The summed E-state index contributed by atoms with van der Waals surface area (Å²) in [6, 6.07) is 4.32. The second kappa shape index (κ2) is 9.50. The van der Waals surface area contributed by atoms with E-state index in [1.165, 1.54) is 16.6 Å². The van der Waals surface area contributed by atoms with Crippen LogP contribution in [0, 0.1) is 35.9 Å². The van der Waals surface area contributed by atoms with E-state index >= 15 is 0 Å². The van der Waals surface area contributed by atoms with Crippen LogP contribution < -0.4 is 4.74 Å². The van der Waals surface area contributed by atoms with E-state index in [4.69, 9.17) is 4.74 Å². The van der Waals surface area contributed by atoms with Gasteiger partial charge in [0, 0.05) is 24.8 Å². The fourth-order valence-electron chi connectivity index (χ4n) is 4.70. The first-order valence-electron chi connectivity index (χ1n) is 11.5. The highest BCUT2D eigenvalue weighted by Gasteiger charge is 2.30. The molecule has 1 fully saturated rings. The van der Waals surface area contributed by atoms with Crippen LogP contribution in [0.1, 0.15) is 36.9 Å². The number of pyridine rings is 2. The number of ether oxygens (including phenoxy) is 1. The third-order valence-corrected chi connectivity index (χ3v) is 6.56. The summed E-state index contributed by atoms with van der Waals surface area (Å²) < 4.78 is 37.2. The molecule has 5 heterocycles. The smallest absolute Gasteiger partial charge is 0.179 e. The summed E-state index contributed by atoms with van der Waals surface area (Å²) >= 11 is 0. The Bertz CT molecular complexity index is 1430. The van der Waals surface area contributed by atoms with Crippen LogP contribution in [0.3, 0.4) is 0 Å². The van der Waals surface area contributed by atoms with E-state index in [1.54, 1.807) is 17.2 Å². The monoisotopic (exact) mass is 494 g/mol. The van der Waals surface area contributed by atoms with Gasteiger partial charge in [-0.15, -0.1) is 5.10 Å². The number of fused-ring (bicyclic) bond motifs is 1. The van der Waals surface area contributed by atoms with Gasteiger partial charge in [0.15, 0.2) is 18.1 Å². The molecule has 36 heavy (non-hydrogen) atoms. The number of nitriles is 1. The minimum atomic E-state index is -0.957. The van der Waals surface area contributed by atoms with Gasteiger partial charge < -0.3 is 14.7 Å². The summed E-state index contributed by atoms with van der Waals surface area (Å²) in [5, 5.41) is 32.0. The number of aliphatic hydroxyl groups is 1. The molecule has 0 saturated carbocycles. The summed E-state index contributed by atoms with van der Waals surface area (Å²) in [7, 11) is 0. The summed E-state index contributed by atoms with van der Waals surface area (Å²) in [4.78, 5) is 5.72. The number of hydrogen-bond acceptors (Lipinski definition) is 8. The first-order chi connectivity index (χ1) is 17.4. The van der Waals surface area contributed by atoms with Crippen molar-refractivity contribution in [3.63, 3.8) is 0 Å². The van der Waals surface area contributed by atoms with Gasteiger partial charge >= 0.3 is 0 Å². The van der Waals surface area contributed by atoms with Crippen LogP contribution in [0.5, 0.6) is 5.75 Å². The minimum Gasteiger partial charge on any atom is -0.479 e. The molecule has 3 atom stereocenters. The maximum Gasteiger partial charge on any atom is 0.179 e. The molecule has 4 aromatic rings. The van der Waals surface area contributed by atoms with Crippen molar-refractivity contribution >= 4 is 5.52 Å². The van der Waals surface area contributed by atoms with Gasteiger partial charge in [-0.25, -0.2) is 18.0 Å². The van der Waals surface area contributed by atoms with E-state index < -0.39 is 24.3 Å². The highest BCUT2D eigenvalue weighted by Crippen LogP contribution is 2.35. The van der Waals surface area contributed by atoms with Crippen molar-refractivity contribution < 1.29 is 18.6 Å². The van der Waals surface area contributed by atoms with Crippen molar-refractivity contribution in [1.29, 1.82) is 5.26 Å². The molecule has 0 aromatic carbocycles. The summed E-state index contributed by atoms with van der Waals surface area (Å²) in [6.07, 6.45) is 5.75. The molecule has 10 nitrogen and oxygen atoms in total. The topological polar surface area (TPSA) is 117 Å². The number of hydrogen-bond donors (Lipinski definition) is 1. The fraction of sp³-hybridized carbons (Fsp3) is 0.375. The van der Waals surface area contributed by atoms with Crippen molar-refractivity contribution in [2.24, 2.45) is 5.92 Å². The zero-order valence-corrected chi connectivity index (χ0v) is 19.7. The number of halogens is 2. The Morgan fingerprint density at radius 1 is 1.31 bits per heavy atom. The molecule has 1 aliphatic rings. The quantitative estimate of drug-likeness (QED) is 0.407. The van der Waals surface area contributed by atoms with E-state index in [0.717, 1.165) is 24.5 Å². The van der Waals surface area contributed by atoms with E-state index in [1.807, 2.05) is 11.6 Å². The van der Waals surface area contributed by atoms with E-state index in [-0.39, 0.29) is 23.2 Å². The van der Waals surface area contributed by atoms with Crippen LogP contribution in [0.25, 0.3) is 16.8 Å². The molecule has 0 unspecified atom stereocenters. The van der Waals surface area contributed by atoms with Crippen molar-refractivity contribution in [2.75, 3.05) is 19.7 Å². The molecule has 1 N–H and O–H groups in total. The maximum absolute atomic E-state index is 14.6. The Labute approximate surface area is 205 Å². The lowest BCUT2D eigenvalue weighted by atomic mass is 9.94. The standard InChI is InChI=1S/C24H24F2N8O2/c1-14-10-32(13-27)6-5-20(14)34-15(2)23(30-31-34)16-7-21(24-18(26)9-29-33(24)11-16)36-22(12-35)19-4-3-17(25)8-28-19/h3-4,7-9,11,14,20,22,35H,5-6,10,12H2,1-2H3/t14-,20+,22+/m0/s1. The number of aliphatic hydroxyl groups excluding tert-OH is 1. The normalized spacial score (nSPS) is 18.8. The SMILES string of the molecule is Cc1c(-c2cc(O[C@H](CO)c3ccc(F)cn3)c3c(F)cnn3c2)nnn1[C@@H]1CCN(C#N)C[C@@H]1C. The van der Waals surface area contributed by atoms with Crippen LogP contribution in [-0.2, 0) is 0 Å². The second-order valence-corrected chi connectivity index (χ2v) is 8.92. The van der Waals surface area contributed by atoms with Crippen molar-refractivity contribution in [3.8, 4) is 23.2 Å². The highest BCUT2D eigenvalue weighted by molar-refractivity contribution is 5.70. The summed E-state index contributed by atoms with van der Waals surface area (Å²) in [6.45, 7) is 4.83. The van der Waals surface area contributed by atoms with Crippen molar-refractivity contribution in [2.45, 2.75) is 32.4 Å². The average molecular weight is 495 g/mol. The lowest BCUT2D eigenvalue weighted by Crippen LogP contribution is -2.38. The number of nitrogens with zero attached hydrogens (tertiary/aromatic N) is 8. The van der Waals surface area contributed by atoms with Crippen LogP contribution >= 0.6 is 0 Å². The predicted octanol–water partition coefficient (Wildman–Crippen LogP) is 3.05. The van der Waals surface area contributed by atoms with Gasteiger partial charge in [0.05, 0.1) is 36.4 Å². The largest absolute Gasteiger partial charge is 0.479 e.